The van der Waals surface area contributed by atoms with E-state index in [9.17, 15) is 9.90 Å². The quantitative estimate of drug-likeness (QED) is 0.302. The fourth-order valence-electron chi connectivity index (χ4n) is 6.09. The molecule has 3 aromatic heterocycles. The summed E-state index contributed by atoms with van der Waals surface area (Å²) in [6, 6.07) is 9.70. The van der Waals surface area contributed by atoms with Crippen LogP contribution in [0.5, 0.6) is 0 Å². The average Bonchev–Trinajstić information content (AvgIpc) is 3.66. The first-order chi connectivity index (χ1) is 18.4. The van der Waals surface area contributed by atoms with Crippen LogP contribution in [0.4, 0.5) is 5.69 Å². The highest BCUT2D eigenvalue weighted by Gasteiger charge is 2.44. The summed E-state index contributed by atoms with van der Waals surface area (Å²) < 4.78 is 5.89. The van der Waals surface area contributed by atoms with Crippen molar-refractivity contribution in [1.82, 2.24) is 15.1 Å². The van der Waals surface area contributed by atoms with E-state index in [1.54, 1.807) is 18.5 Å². The summed E-state index contributed by atoms with van der Waals surface area (Å²) in [7, 11) is 0. The lowest BCUT2D eigenvalue weighted by Crippen LogP contribution is -2.42. The van der Waals surface area contributed by atoms with Crippen LogP contribution in [-0.2, 0) is 0 Å². The van der Waals surface area contributed by atoms with Crippen LogP contribution in [0.2, 0.25) is 5.02 Å². The molecule has 8 heteroatoms. The molecule has 0 atom stereocenters. The Morgan fingerprint density at radius 1 is 1.18 bits per heavy atom. The van der Waals surface area contributed by atoms with Gasteiger partial charge in [0, 0.05) is 53.6 Å². The van der Waals surface area contributed by atoms with Crippen LogP contribution in [0.15, 0.2) is 53.3 Å². The Balaban J connectivity index is 1.13. The maximum Gasteiger partial charge on any atom is 0.354 e. The molecule has 0 unspecified atom stereocenters. The molecule has 1 aromatic carbocycles. The van der Waals surface area contributed by atoms with Crippen LogP contribution in [0.25, 0.3) is 27.7 Å². The summed E-state index contributed by atoms with van der Waals surface area (Å²) in [5.74, 6) is 0.473. The van der Waals surface area contributed by atoms with Crippen molar-refractivity contribution in [3.05, 3.63) is 76.4 Å². The highest BCUT2D eigenvalue weighted by atomic mass is 35.5. The van der Waals surface area contributed by atoms with Gasteiger partial charge < -0.3 is 14.5 Å². The number of rotatable bonds is 5. The van der Waals surface area contributed by atoms with Crippen molar-refractivity contribution in [2.45, 2.75) is 44.9 Å². The number of hydrogen-bond donors (Lipinski definition) is 1. The molecular formula is C30H27ClN4O3. The first-order valence-corrected chi connectivity index (χ1v) is 13.5. The standard InChI is InChI=1S/C30H27ClN4O3/c1-17-12-25(29(36)37)33-24-5-4-20(13-22(17)24)35-10-7-30(8-11-35)14-19(15-30)26-27(21-6-9-32-16-23(21)31)34-38-28(26)18-2-3-18/h4-6,9,12-14,16,18H,2-3,7-8,10-11,15H2,1H3,(H,36,37). The van der Waals surface area contributed by atoms with Gasteiger partial charge in [0.15, 0.2) is 0 Å². The van der Waals surface area contributed by atoms with E-state index in [0.29, 0.717) is 10.9 Å². The molecule has 1 aliphatic heterocycles. The van der Waals surface area contributed by atoms with Crippen molar-refractivity contribution in [2.75, 3.05) is 18.0 Å². The summed E-state index contributed by atoms with van der Waals surface area (Å²) >= 11 is 6.49. The minimum Gasteiger partial charge on any atom is -0.477 e. The predicted octanol–water partition coefficient (Wildman–Crippen LogP) is 6.90. The van der Waals surface area contributed by atoms with E-state index in [4.69, 9.17) is 16.1 Å². The number of piperidine rings is 1. The number of pyridine rings is 2. The molecule has 7 nitrogen and oxygen atoms in total. The zero-order valence-electron chi connectivity index (χ0n) is 21.1. The smallest absolute Gasteiger partial charge is 0.354 e. The van der Waals surface area contributed by atoms with Gasteiger partial charge in [0.2, 0.25) is 0 Å². The van der Waals surface area contributed by atoms with Crippen molar-refractivity contribution in [1.29, 1.82) is 0 Å². The summed E-state index contributed by atoms with van der Waals surface area (Å²) in [4.78, 5) is 22.2. The highest BCUT2D eigenvalue weighted by Crippen LogP contribution is 2.56. The Morgan fingerprint density at radius 2 is 1.97 bits per heavy atom. The lowest BCUT2D eigenvalue weighted by Gasteiger charge is -2.47. The molecule has 2 fully saturated rings. The van der Waals surface area contributed by atoms with Gasteiger partial charge in [-0.2, -0.15) is 0 Å². The Bertz CT molecular complexity index is 1630. The fraction of sp³-hybridized carbons (Fsp3) is 0.333. The number of benzene rings is 1. The van der Waals surface area contributed by atoms with E-state index in [-0.39, 0.29) is 11.1 Å². The number of carbonyl (C=O) groups is 1. The van der Waals surface area contributed by atoms with E-state index in [1.165, 1.54) is 5.57 Å². The molecule has 2 aliphatic carbocycles. The van der Waals surface area contributed by atoms with Gasteiger partial charge in [0.05, 0.1) is 10.5 Å². The lowest BCUT2D eigenvalue weighted by molar-refractivity contribution is 0.0691. The number of anilines is 1. The van der Waals surface area contributed by atoms with E-state index < -0.39 is 5.97 Å². The monoisotopic (exact) mass is 526 g/mol. The van der Waals surface area contributed by atoms with Gasteiger partial charge in [-0.05, 0) is 85.9 Å². The number of fused-ring (bicyclic) bond motifs is 1. The predicted molar refractivity (Wildman–Crippen MR) is 147 cm³/mol. The Morgan fingerprint density at radius 3 is 2.68 bits per heavy atom. The van der Waals surface area contributed by atoms with Crippen molar-refractivity contribution in [2.24, 2.45) is 5.41 Å². The maximum absolute atomic E-state index is 11.4. The van der Waals surface area contributed by atoms with E-state index in [2.05, 4.69) is 38.2 Å². The van der Waals surface area contributed by atoms with Crippen LogP contribution in [0.1, 0.15) is 65.4 Å². The first-order valence-electron chi connectivity index (χ1n) is 13.1. The molecule has 7 rings (SSSR count). The zero-order chi connectivity index (χ0) is 26.0. The molecule has 4 heterocycles. The number of carboxylic acids is 1. The lowest BCUT2D eigenvalue weighted by atomic mass is 9.63. The molecule has 38 heavy (non-hydrogen) atoms. The van der Waals surface area contributed by atoms with Gasteiger partial charge in [-0.25, -0.2) is 9.78 Å². The second kappa shape index (κ2) is 8.67. The molecule has 0 radical (unpaired) electrons. The van der Waals surface area contributed by atoms with Crippen LogP contribution >= 0.6 is 11.6 Å². The topological polar surface area (TPSA) is 92.3 Å². The van der Waals surface area contributed by atoms with E-state index in [1.807, 2.05) is 19.1 Å². The number of nitrogens with zero attached hydrogens (tertiary/aromatic N) is 4. The number of halogens is 1. The van der Waals surface area contributed by atoms with Gasteiger partial charge in [-0.15, -0.1) is 0 Å². The minimum atomic E-state index is -1.00. The second-order valence-electron chi connectivity index (χ2n) is 10.9. The fourth-order valence-corrected chi connectivity index (χ4v) is 6.30. The van der Waals surface area contributed by atoms with Crippen molar-refractivity contribution in [3.8, 4) is 11.3 Å². The van der Waals surface area contributed by atoms with Crippen LogP contribution < -0.4 is 4.90 Å². The molecule has 192 valence electrons. The highest BCUT2D eigenvalue weighted by molar-refractivity contribution is 6.33. The van der Waals surface area contributed by atoms with Crippen LogP contribution in [0.3, 0.4) is 0 Å². The summed E-state index contributed by atoms with van der Waals surface area (Å²) in [5.41, 5.74) is 7.28. The summed E-state index contributed by atoms with van der Waals surface area (Å²) in [5, 5.41) is 15.4. The third kappa shape index (κ3) is 3.88. The van der Waals surface area contributed by atoms with E-state index >= 15 is 0 Å². The molecule has 1 saturated heterocycles. The van der Waals surface area contributed by atoms with E-state index in [0.717, 1.165) is 89.9 Å². The number of aromatic carboxylic acids is 1. The van der Waals surface area contributed by atoms with Gasteiger partial charge in [0.1, 0.15) is 17.1 Å². The molecule has 1 spiro atoms. The number of aromatic nitrogens is 3. The number of aryl methyl sites for hydroxylation is 1. The molecule has 0 amide bonds. The maximum atomic E-state index is 11.4. The first kappa shape index (κ1) is 23.4. The number of hydrogen-bond acceptors (Lipinski definition) is 6. The molecule has 1 N–H and O–H groups in total. The molecule has 1 saturated carbocycles. The molecular weight excluding hydrogens is 500 g/mol. The molecule has 4 aromatic rings. The van der Waals surface area contributed by atoms with Crippen molar-refractivity contribution < 1.29 is 14.4 Å². The van der Waals surface area contributed by atoms with Crippen molar-refractivity contribution in [3.63, 3.8) is 0 Å². The summed E-state index contributed by atoms with van der Waals surface area (Å²) in [6.07, 6.45) is 11.4. The third-order valence-electron chi connectivity index (χ3n) is 8.38. The third-order valence-corrected chi connectivity index (χ3v) is 8.68. The molecule has 0 bridgehead atoms. The second-order valence-corrected chi connectivity index (χ2v) is 11.3. The average molecular weight is 527 g/mol. The number of allylic oxidation sites excluding steroid dienone is 2. The minimum absolute atomic E-state index is 0.0854. The Hall–Kier alpha value is -3.71. The Kier molecular flexibility index (Phi) is 5.34. The van der Waals surface area contributed by atoms with Gasteiger partial charge in [-0.3, -0.25) is 4.98 Å². The van der Waals surface area contributed by atoms with Gasteiger partial charge >= 0.3 is 5.97 Å². The van der Waals surface area contributed by atoms with Crippen molar-refractivity contribution >= 4 is 39.7 Å². The van der Waals surface area contributed by atoms with Crippen LogP contribution in [-0.4, -0.2) is 39.3 Å². The number of carboxylic acid groups (broad SMARTS) is 1. The van der Waals surface area contributed by atoms with Gasteiger partial charge in [0.25, 0.3) is 0 Å². The van der Waals surface area contributed by atoms with Crippen LogP contribution in [0, 0.1) is 12.3 Å². The zero-order valence-corrected chi connectivity index (χ0v) is 21.8. The summed E-state index contributed by atoms with van der Waals surface area (Å²) in [6.45, 7) is 3.88. The molecule has 3 aliphatic rings. The SMILES string of the molecule is Cc1cc(C(=O)O)nc2ccc(N3CCC4(C=C(c5c(-c6ccncc6Cl)noc5C5CC5)C4)CC3)cc12. The van der Waals surface area contributed by atoms with Gasteiger partial charge in [-0.1, -0.05) is 22.8 Å². The Labute approximate surface area is 225 Å². The normalized spacial score (nSPS) is 18.5. The largest absolute Gasteiger partial charge is 0.477 e.